The lowest BCUT2D eigenvalue weighted by Gasteiger charge is -2.38. The molecule has 2 heterocycles. The van der Waals surface area contributed by atoms with Crippen molar-refractivity contribution in [1.29, 1.82) is 0 Å². The summed E-state index contributed by atoms with van der Waals surface area (Å²) in [5.41, 5.74) is 7.28. The SMILES string of the molecule is CC(N)C1CCCCN1C(=O)Cc1coc(-c2ccc(F)cc2)n1. The van der Waals surface area contributed by atoms with E-state index in [2.05, 4.69) is 4.98 Å². The van der Waals surface area contributed by atoms with Gasteiger partial charge in [0.25, 0.3) is 0 Å². The summed E-state index contributed by atoms with van der Waals surface area (Å²) >= 11 is 0. The number of nitrogens with two attached hydrogens (primary N) is 1. The minimum atomic E-state index is -0.312. The summed E-state index contributed by atoms with van der Waals surface area (Å²) in [4.78, 5) is 18.8. The molecule has 1 aromatic carbocycles. The van der Waals surface area contributed by atoms with Gasteiger partial charge in [-0.1, -0.05) is 0 Å². The first-order chi connectivity index (χ1) is 11.5. The summed E-state index contributed by atoms with van der Waals surface area (Å²) in [5.74, 6) is 0.101. The molecule has 1 saturated heterocycles. The molecule has 2 N–H and O–H groups in total. The van der Waals surface area contributed by atoms with Gasteiger partial charge in [-0.25, -0.2) is 9.37 Å². The van der Waals surface area contributed by atoms with Crippen LogP contribution in [0.25, 0.3) is 11.5 Å². The minimum absolute atomic E-state index is 0.0240. The van der Waals surface area contributed by atoms with Crippen LogP contribution >= 0.6 is 0 Å². The topological polar surface area (TPSA) is 72.4 Å². The normalized spacial score (nSPS) is 19.3. The molecule has 3 rings (SSSR count). The van der Waals surface area contributed by atoms with E-state index in [9.17, 15) is 9.18 Å². The van der Waals surface area contributed by atoms with E-state index in [-0.39, 0.29) is 30.2 Å². The fraction of sp³-hybridized carbons (Fsp3) is 0.444. The molecule has 0 bridgehead atoms. The molecule has 0 saturated carbocycles. The van der Waals surface area contributed by atoms with Crippen molar-refractivity contribution in [3.05, 3.63) is 42.0 Å². The third-order valence-electron chi connectivity index (χ3n) is 4.45. The molecule has 2 unspecified atom stereocenters. The van der Waals surface area contributed by atoms with Crippen LogP contribution in [-0.4, -0.2) is 34.4 Å². The Balaban J connectivity index is 1.69. The lowest BCUT2D eigenvalue weighted by Crippen LogP contribution is -2.52. The number of hydrogen-bond donors (Lipinski definition) is 1. The first-order valence-corrected chi connectivity index (χ1v) is 8.30. The smallest absolute Gasteiger partial charge is 0.229 e. The number of benzene rings is 1. The number of amides is 1. The van der Waals surface area contributed by atoms with Crippen molar-refractivity contribution in [2.24, 2.45) is 5.73 Å². The second-order valence-electron chi connectivity index (χ2n) is 6.34. The quantitative estimate of drug-likeness (QED) is 0.935. The van der Waals surface area contributed by atoms with E-state index in [1.807, 2.05) is 11.8 Å². The predicted octanol–water partition coefficient (Wildman–Crippen LogP) is 2.75. The zero-order valence-corrected chi connectivity index (χ0v) is 13.7. The van der Waals surface area contributed by atoms with Gasteiger partial charge in [0.05, 0.1) is 12.1 Å². The Labute approximate surface area is 140 Å². The second-order valence-corrected chi connectivity index (χ2v) is 6.34. The Morgan fingerprint density at radius 1 is 1.42 bits per heavy atom. The van der Waals surface area contributed by atoms with Crippen LogP contribution < -0.4 is 5.73 Å². The Hall–Kier alpha value is -2.21. The zero-order valence-electron chi connectivity index (χ0n) is 13.7. The first kappa shape index (κ1) is 16.6. The number of carbonyl (C=O) groups is 1. The van der Waals surface area contributed by atoms with Crippen LogP contribution in [0.4, 0.5) is 4.39 Å². The highest BCUT2D eigenvalue weighted by atomic mass is 19.1. The van der Waals surface area contributed by atoms with Gasteiger partial charge in [0, 0.05) is 24.2 Å². The fourth-order valence-electron chi connectivity index (χ4n) is 3.18. The van der Waals surface area contributed by atoms with Crippen molar-refractivity contribution >= 4 is 5.91 Å². The van der Waals surface area contributed by atoms with Crippen LogP contribution in [0.2, 0.25) is 0 Å². The van der Waals surface area contributed by atoms with E-state index in [1.165, 1.54) is 18.4 Å². The number of nitrogens with zero attached hydrogens (tertiary/aromatic N) is 2. The van der Waals surface area contributed by atoms with Gasteiger partial charge in [0.1, 0.15) is 12.1 Å². The Morgan fingerprint density at radius 3 is 2.88 bits per heavy atom. The van der Waals surface area contributed by atoms with E-state index in [1.54, 1.807) is 12.1 Å². The lowest BCUT2D eigenvalue weighted by molar-refractivity contribution is -0.134. The summed E-state index contributed by atoms with van der Waals surface area (Å²) in [7, 11) is 0. The Bertz CT molecular complexity index is 697. The van der Waals surface area contributed by atoms with Crippen molar-refractivity contribution in [3.63, 3.8) is 0 Å². The summed E-state index contributed by atoms with van der Waals surface area (Å²) in [5, 5.41) is 0. The maximum atomic E-state index is 13.0. The van der Waals surface area contributed by atoms with E-state index in [0.717, 1.165) is 25.8 Å². The molecule has 2 aromatic rings. The van der Waals surface area contributed by atoms with Gasteiger partial charge < -0.3 is 15.1 Å². The average molecular weight is 331 g/mol. The summed E-state index contributed by atoms with van der Waals surface area (Å²) in [6, 6.07) is 5.96. The van der Waals surface area contributed by atoms with Gasteiger partial charge in [-0.15, -0.1) is 0 Å². The van der Waals surface area contributed by atoms with Crippen molar-refractivity contribution in [1.82, 2.24) is 9.88 Å². The zero-order chi connectivity index (χ0) is 17.1. The van der Waals surface area contributed by atoms with E-state index < -0.39 is 0 Å². The summed E-state index contributed by atoms with van der Waals surface area (Å²) in [6.45, 7) is 2.69. The molecule has 1 fully saturated rings. The molecule has 5 nitrogen and oxygen atoms in total. The molecule has 6 heteroatoms. The van der Waals surface area contributed by atoms with Crippen LogP contribution in [0.15, 0.2) is 34.9 Å². The molecular formula is C18H22FN3O2. The van der Waals surface area contributed by atoms with Gasteiger partial charge in [-0.05, 0) is 50.5 Å². The third kappa shape index (κ3) is 3.64. The molecular weight excluding hydrogens is 309 g/mol. The number of aromatic nitrogens is 1. The average Bonchev–Trinajstić information content (AvgIpc) is 3.04. The molecule has 24 heavy (non-hydrogen) atoms. The number of rotatable bonds is 4. The molecule has 0 spiro atoms. The summed E-state index contributed by atoms with van der Waals surface area (Å²) < 4.78 is 18.4. The van der Waals surface area contributed by atoms with Crippen molar-refractivity contribution < 1.29 is 13.6 Å². The van der Waals surface area contributed by atoms with E-state index >= 15 is 0 Å². The number of halogens is 1. The molecule has 1 aliphatic heterocycles. The minimum Gasteiger partial charge on any atom is -0.444 e. The fourth-order valence-corrected chi connectivity index (χ4v) is 3.18. The first-order valence-electron chi connectivity index (χ1n) is 8.30. The van der Waals surface area contributed by atoms with Crippen molar-refractivity contribution in [2.45, 2.75) is 44.7 Å². The standard InChI is InChI=1S/C18H22FN3O2/c1-12(20)16-4-2-3-9-22(16)17(23)10-15-11-24-18(21-15)13-5-7-14(19)8-6-13/h5-8,11-12,16H,2-4,9-10,20H2,1H3. The van der Waals surface area contributed by atoms with Crippen LogP contribution in [0.3, 0.4) is 0 Å². The van der Waals surface area contributed by atoms with Crippen molar-refractivity contribution in [2.75, 3.05) is 6.54 Å². The number of likely N-dealkylation sites (tertiary alicyclic amines) is 1. The van der Waals surface area contributed by atoms with Gasteiger partial charge >= 0.3 is 0 Å². The molecule has 128 valence electrons. The van der Waals surface area contributed by atoms with Gasteiger partial charge in [0.15, 0.2) is 0 Å². The largest absolute Gasteiger partial charge is 0.444 e. The highest BCUT2D eigenvalue weighted by Crippen LogP contribution is 2.22. The van der Waals surface area contributed by atoms with Crippen molar-refractivity contribution in [3.8, 4) is 11.5 Å². The molecule has 1 aromatic heterocycles. The van der Waals surface area contributed by atoms with Crippen LogP contribution in [0, 0.1) is 5.82 Å². The Kier molecular flexibility index (Phi) is 4.94. The monoisotopic (exact) mass is 331 g/mol. The maximum absolute atomic E-state index is 13.0. The summed E-state index contributed by atoms with van der Waals surface area (Å²) in [6.07, 6.45) is 4.74. The predicted molar refractivity (Wildman–Crippen MR) is 88.6 cm³/mol. The molecule has 0 radical (unpaired) electrons. The van der Waals surface area contributed by atoms with E-state index in [0.29, 0.717) is 17.1 Å². The second kappa shape index (κ2) is 7.13. The number of oxazole rings is 1. The molecule has 1 aliphatic rings. The van der Waals surface area contributed by atoms with Gasteiger partial charge in [0.2, 0.25) is 11.8 Å². The highest BCUT2D eigenvalue weighted by Gasteiger charge is 2.29. The van der Waals surface area contributed by atoms with Crippen LogP contribution in [0.1, 0.15) is 31.9 Å². The Morgan fingerprint density at radius 2 is 2.17 bits per heavy atom. The number of hydrogen-bond acceptors (Lipinski definition) is 4. The van der Waals surface area contributed by atoms with Crippen LogP contribution in [-0.2, 0) is 11.2 Å². The van der Waals surface area contributed by atoms with E-state index in [4.69, 9.17) is 10.2 Å². The van der Waals surface area contributed by atoms with Crippen LogP contribution in [0.5, 0.6) is 0 Å². The maximum Gasteiger partial charge on any atom is 0.229 e. The number of carbonyl (C=O) groups excluding carboxylic acids is 1. The lowest BCUT2D eigenvalue weighted by atomic mass is 9.96. The van der Waals surface area contributed by atoms with Gasteiger partial charge in [-0.3, -0.25) is 4.79 Å². The molecule has 0 aliphatic carbocycles. The molecule has 1 amide bonds. The van der Waals surface area contributed by atoms with Gasteiger partial charge in [-0.2, -0.15) is 0 Å². The third-order valence-corrected chi connectivity index (χ3v) is 4.45. The number of piperidine rings is 1. The molecule has 2 atom stereocenters. The highest BCUT2D eigenvalue weighted by molar-refractivity contribution is 5.79.